The van der Waals surface area contributed by atoms with Gasteiger partial charge in [-0.1, -0.05) is 6.07 Å². The van der Waals surface area contributed by atoms with Crippen molar-refractivity contribution in [3.05, 3.63) is 28.4 Å². The van der Waals surface area contributed by atoms with Gasteiger partial charge in [-0.05, 0) is 33.6 Å². The Balaban J connectivity index is 2.76. The first-order chi connectivity index (χ1) is 6.22. The number of rotatable bonds is 1. The second kappa shape index (κ2) is 3.31. The molecular weight excluding hydrogens is 251 g/mol. The highest BCUT2D eigenvalue weighted by molar-refractivity contribution is 9.10. The maximum Gasteiger partial charge on any atom is 0.135 e. The quantitative estimate of drug-likeness (QED) is 0.720. The van der Waals surface area contributed by atoms with E-state index in [0.29, 0.717) is 5.88 Å². The zero-order valence-corrected chi connectivity index (χ0v) is 9.43. The maximum absolute atomic E-state index is 5.74. The average molecular weight is 260 g/mol. The van der Waals surface area contributed by atoms with Crippen molar-refractivity contribution in [2.75, 3.05) is 0 Å². The number of hydrogen-bond donors (Lipinski definition) is 0. The van der Waals surface area contributed by atoms with Crippen molar-refractivity contribution in [3.8, 4) is 0 Å². The molecule has 0 aliphatic carbocycles. The molecule has 0 bridgehead atoms. The van der Waals surface area contributed by atoms with E-state index in [4.69, 9.17) is 11.6 Å². The van der Waals surface area contributed by atoms with Crippen molar-refractivity contribution in [2.45, 2.75) is 5.88 Å². The van der Waals surface area contributed by atoms with E-state index in [-0.39, 0.29) is 0 Å². The third-order valence-corrected chi connectivity index (χ3v) is 2.92. The zero-order valence-electron chi connectivity index (χ0n) is 7.09. The molecule has 4 heteroatoms. The van der Waals surface area contributed by atoms with Gasteiger partial charge >= 0.3 is 0 Å². The largest absolute Gasteiger partial charge is 0.267 e. The molecule has 1 heterocycles. The van der Waals surface area contributed by atoms with Gasteiger partial charge < -0.3 is 0 Å². The van der Waals surface area contributed by atoms with Crippen LogP contribution in [0.3, 0.4) is 0 Å². The summed E-state index contributed by atoms with van der Waals surface area (Å²) < 4.78 is 2.72. The minimum Gasteiger partial charge on any atom is -0.267 e. The number of aromatic nitrogens is 2. The molecule has 2 rings (SSSR count). The van der Waals surface area contributed by atoms with E-state index in [2.05, 4.69) is 27.1 Å². The Hall–Kier alpha value is -0.540. The Morgan fingerprint density at radius 2 is 2.31 bits per heavy atom. The lowest BCUT2D eigenvalue weighted by atomic mass is 10.2. The highest BCUT2D eigenvalue weighted by Gasteiger charge is 2.05. The van der Waals surface area contributed by atoms with Gasteiger partial charge in [-0.2, -0.15) is 5.10 Å². The molecule has 0 N–H and O–H groups in total. The maximum atomic E-state index is 5.74. The monoisotopic (exact) mass is 258 g/mol. The van der Waals surface area contributed by atoms with E-state index in [1.54, 1.807) is 0 Å². The molecular formula is C9H8BrClN2. The molecule has 0 aliphatic heterocycles. The highest BCUT2D eigenvalue weighted by Crippen LogP contribution is 2.24. The molecule has 2 nitrogen and oxygen atoms in total. The fraction of sp³-hybridized carbons (Fsp3) is 0.222. The second-order valence-corrected chi connectivity index (χ2v) is 3.92. The molecule has 0 fully saturated rings. The summed E-state index contributed by atoms with van der Waals surface area (Å²) in [6, 6.07) is 6.10. The smallest absolute Gasteiger partial charge is 0.135 e. The summed E-state index contributed by atoms with van der Waals surface area (Å²) in [5, 5.41) is 5.37. The first kappa shape index (κ1) is 9.03. The summed E-state index contributed by atoms with van der Waals surface area (Å²) in [5.74, 6) is 0.539. The molecule has 0 unspecified atom stereocenters. The van der Waals surface area contributed by atoms with Crippen molar-refractivity contribution in [3.63, 3.8) is 0 Å². The first-order valence-electron chi connectivity index (χ1n) is 3.89. The lowest BCUT2D eigenvalue weighted by Gasteiger charge is -1.96. The van der Waals surface area contributed by atoms with Crippen molar-refractivity contribution >= 4 is 38.4 Å². The van der Waals surface area contributed by atoms with Crippen LogP contribution in [0.15, 0.2) is 22.8 Å². The molecule has 0 spiro atoms. The van der Waals surface area contributed by atoms with Gasteiger partial charge in [0.05, 0.1) is 5.52 Å². The van der Waals surface area contributed by atoms with Crippen LogP contribution in [0.5, 0.6) is 0 Å². The molecule has 2 aromatic rings. The Morgan fingerprint density at radius 1 is 1.54 bits per heavy atom. The summed E-state index contributed by atoms with van der Waals surface area (Å²) in [4.78, 5) is 0. The van der Waals surface area contributed by atoms with Gasteiger partial charge in [-0.15, -0.1) is 11.6 Å². The Bertz CT molecular complexity index is 450. The summed E-state index contributed by atoms with van der Waals surface area (Å²) in [6.45, 7) is 0. The summed E-state index contributed by atoms with van der Waals surface area (Å²) in [7, 11) is 1.92. The molecule has 68 valence electrons. The second-order valence-electron chi connectivity index (χ2n) is 2.90. The fourth-order valence-electron chi connectivity index (χ4n) is 1.35. The predicted molar refractivity (Wildman–Crippen MR) is 58.0 cm³/mol. The Kier molecular flexibility index (Phi) is 2.30. The molecule has 13 heavy (non-hydrogen) atoms. The van der Waals surface area contributed by atoms with E-state index >= 15 is 0 Å². The minimum absolute atomic E-state index is 0.539. The van der Waals surface area contributed by atoms with Crippen LogP contribution in [0, 0.1) is 0 Å². The lowest BCUT2D eigenvalue weighted by Crippen LogP contribution is -1.88. The number of halogens is 2. The molecule has 0 amide bonds. The van der Waals surface area contributed by atoms with Crippen LogP contribution in [0.4, 0.5) is 0 Å². The van der Waals surface area contributed by atoms with Crippen LogP contribution < -0.4 is 0 Å². The van der Waals surface area contributed by atoms with Crippen molar-refractivity contribution < 1.29 is 0 Å². The normalized spacial score (nSPS) is 11.0. The van der Waals surface area contributed by atoms with E-state index in [1.165, 1.54) is 0 Å². The van der Waals surface area contributed by atoms with Crippen LogP contribution in [0.2, 0.25) is 0 Å². The van der Waals surface area contributed by atoms with Gasteiger partial charge in [0.15, 0.2) is 0 Å². The Labute approximate surface area is 89.6 Å². The zero-order chi connectivity index (χ0) is 9.42. The van der Waals surface area contributed by atoms with Gasteiger partial charge in [0.2, 0.25) is 0 Å². The lowest BCUT2D eigenvalue weighted by molar-refractivity contribution is 0.788. The van der Waals surface area contributed by atoms with Gasteiger partial charge in [-0.25, -0.2) is 0 Å². The van der Waals surface area contributed by atoms with Crippen LogP contribution in [0.1, 0.15) is 5.56 Å². The van der Waals surface area contributed by atoms with Gasteiger partial charge in [0, 0.05) is 18.3 Å². The van der Waals surface area contributed by atoms with Crippen LogP contribution >= 0.6 is 27.5 Å². The van der Waals surface area contributed by atoms with Crippen molar-refractivity contribution in [2.24, 2.45) is 7.05 Å². The number of aryl methyl sites for hydroxylation is 1. The van der Waals surface area contributed by atoms with Crippen molar-refractivity contribution in [1.29, 1.82) is 0 Å². The number of benzene rings is 1. The van der Waals surface area contributed by atoms with E-state index < -0.39 is 0 Å². The summed E-state index contributed by atoms with van der Waals surface area (Å²) >= 11 is 9.15. The van der Waals surface area contributed by atoms with Gasteiger partial charge in [0.1, 0.15) is 4.60 Å². The van der Waals surface area contributed by atoms with Crippen LogP contribution in [-0.2, 0) is 12.9 Å². The third kappa shape index (κ3) is 1.46. The number of alkyl halides is 1. The third-order valence-electron chi connectivity index (χ3n) is 2.02. The van der Waals surface area contributed by atoms with E-state index in [1.807, 2.05) is 23.9 Å². The minimum atomic E-state index is 0.539. The van der Waals surface area contributed by atoms with Gasteiger partial charge in [0.25, 0.3) is 0 Å². The molecule has 0 saturated carbocycles. The number of fused-ring (bicyclic) bond motifs is 1. The number of hydrogen-bond acceptors (Lipinski definition) is 1. The summed E-state index contributed by atoms with van der Waals surface area (Å²) in [5.41, 5.74) is 2.23. The van der Waals surface area contributed by atoms with E-state index in [9.17, 15) is 0 Å². The molecule has 0 saturated heterocycles. The predicted octanol–water partition coefficient (Wildman–Crippen LogP) is 3.07. The molecule has 1 aromatic heterocycles. The average Bonchev–Trinajstić information content (AvgIpc) is 2.42. The molecule has 1 aromatic carbocycles. The van der Waals surface area contributed by atoms with Gasteiger partial charge in [-0.3, -0.25) is 4.68 Å². The first-order valence-corrected chi connectivity index (χ1v) is 5.22. The standard InChI is InChI=1S/C9H8BrClN2/c1-13-8-3-2-6(5-11)4-7(8)9(10)12-13/h2-4H,5H2,1H3. The summed E-state index contributed by atoms with van der Waals surface area (Å²) in [6.07, 6.45) is 0. The van der Waals surface area contributed by atoms with Crippen molar-refractivity contribution in [1.82, 2.24) is 9.78 Å². The molecule has 0 aliphatic rings. The van der Waals surface area contributed by atoms with E-state index in [0.717, 1.165) is 21.1 Å². The van der Waals surface area contributed by atoms with Crippen LogP contribution in [-0.4, -0.2) is 9.78 Å². The molecule has 0 atom stereocenters. The fourth-order valence-corrected chi connectivity index (χ4v) is 2.07. The molecule has 0 radical (unpaired) electrons. The Morgan fingerprint density at radius 3 is 3.00 bits per heavy atom. The van der Waals surface area contributed by atoms with Crippen LogP contribution in [0.25, 0.3) is 10.9 Å². The highest BCUT2D eigenvalue weighted by atomic mass is 79.9. The SMILES string of the molecule is Cn1nc(Br)c2cc(CCl)ccc21. The number of nitrogens with zero attached hydrogens (tertiary/aromatic N) is 2. The topological polar surface area (TPSA) is 17.8 Å².